The molecule has 5 heteroatoms. The Morgan fingerprint density at radius 3 is 3.00 bits per heavy atom. The van der Waals surface area contributed by atoms with E-state index in [1.807, 2.05) is 28.9 Å². The van der Waals surface area contributed by atoms with Crippen molar-refractivity contribution in [2.24, 2.45) is 0 Å². The predicted molar refractivity (Wildman–Crippen MR) is 73.3 cm³/mol. The third-order valence-electron chi connectivity index (χ3n) is 3.55. The van der Waals surface area contributed by atoms with Gasteiger partial charge in [0.05, 0.1) is 12.6 Å². The minimum absolute atomic E-state index is 0.0799. The highest BCUT2D eigenvalue weighted by atomic mass is 35.5. The average molecular weight is 278 g/mol. The van der Waals surface area contributed by atoms with Crippen LogP contribution in [-0.2, 0) is 12.8 Å². The van der Waals surface area contributed by atoms with Crippen molar-refractivity contribution in [1.29, 1.82) is 0 Å². The summed E-state index contributed by atoms with van der Waals surface area (Å²) in [7, 11) is 0. The lowest BCUT2D eigenvalue weighted by Crippen LogP contribution is -2.22. The summed E-state index contributed by atoms with van der Waals surface area (Å²) in [6, 6.07) is 7.83. The van der Waals surface area contributed by atoms with Crippen LogP contribution in [0.2, 0.25) is 5.02 Å². The lowest BCUT2D eigenvalue weighted by atomic mass is 10.1. The fourth-order valence-corrected chi connectivity index (χ4v) is 2.74. The van der Waals surface area contributed by atoms with Crippen molar-refractivity contribution in [2.45, 2.75) is 31.7 Å². The fraction of sp³-hybridized carbons (Fsp3) is 0.429. The summed E-state index contributed by atoms with van der Waals surface area (Å²) in [5, 5.41) is 14.6. The summed E-state index contributed by atoms with van der Waals surface area (Å²) in [5.41, 5.74) is 1.03. The zero-order chi connectivity index (χ0) is 13.2. The van der Waals surface area contributed by atoms with Crippen LogP contribution in [0, 0.1) is 0 Å². The second kappa shape index (κ2) is 5.31. The molecule has 0 radical (unpaired) electrons. The first-order valence-corrected chi connectivity index (χ1v) is 6.94. The van der Waals surface area contributed by atoms with Gasteiger partial charge in [-0.05, 0) is 24.5 Å². The second-order valence-corrected chi connectivity index (χ2v) is 5.29. The highest BCUT2D eigenvalue weighted by Gasteiger charge is 2.22. The third kappa shape index (κ3) is 2.51. The Labute approximate surface area is 117 Å². The Kier molecular flexibility index (Phi) is 3.53. The van der Waals surface area contributed by atoms with E-state index in [0.29, 0.717) is 6.42 Å². The first-order valence-electron chi connectivity index (χ1n) is 6.56. The summed E-state index contributed by atoms with van der Waals surface area (Å²) in [4.78, 5) is 4.57. The smallest absolute Gasteiger partial charge is 0.155 e. The number of aromatic nitrogens is 3. The standard InChI is InChI=1S/C14H16ClN3O/c15-12-6-2-1-4-10(12)8-13-16-14-7-3-5-11(9-19)18(14)17-13/h1-2,4,6,11,19H,3,5,7-9H2. The minimum Gasteiger partial charge on any atom is -0.394 e. The molecule has 0 saturated carbocycles. The fourth-order valence-electron chi connectivity index (χ4n) is 2.54. The van der Waals surface area contributed by atoms with E-state index >= 15 is 0 Å². The van der Waals surface area contributed by atoms with Crippen molar-refractivity contribution in [2.75, 3.05) is 6.61 Å². The van der Waals surface area contributed by atoms with Gasteiger partial charge in [0.15, 0.2) is 5.82 Å². The molecule has 0 saturated heterocycles. The molecule has 1 aliphatic rings. The van der Waals surface area contributed by atoms with E-state index in [0.717, 1.165) is 41.5 Å². The number of hydrogen-bond acceptors (Lipinski definition) is 3. The summed E-state index contributed by atoms with van der Waals surface area (Å²) in [5.74, 6) is 1.76. The summed E-state index contributed by atoms with van der Waals surface area (Å²) in [6.07, 6.45) is 3.61. The Bertz CT molecular complexity index is 582. The van der Waals surface area contributed by atoms with E-state index < -0.39 is 0 Å². The van der Waals surface area contributed by atoms with Crippen LogP contribution in [0.3, 0.4) is 0 Å². The molecule has 3 rings (SSSR count). The van der Waals surface area contributed by atoms with Gasteiger partial charge in [0.2, 0.25) is 0 Å². The molecule has 1 aromatic carbocycles. The van der Waals surface area contributed by atoms with Gasteiger partial charge in [0.1, 0.15) is 5.82 Å². The van der Waals surface area contributed by atoms with Gasteiger partial charge in [-0.15, -0.1) is 0 Å². The van der Waals surface area contributed by atoms with Crippen LogP contribution in [0.25, 0.3) is 0 Å². The molecule has 0 aliphatic carbocycles. The molecule has 2 heterocycles. The molecule has 4 nitrogen and oxygen atoms in total. The predicted octanol–water partition coefficient (Wildman–Crippen LogP) is 2.39. The SMILES string of the molecule is OCC1CCCc2nc(Cc3ccccc3Cl)nn21. The van der Waals surface area contributed by atoms with E-state index in [2.05, 4.69) is 10.1 Å². The lowest BCUT2D eigenvalue weighted by Gasteiger charge is -2.20. The molecule has 0 amide bonds. The van der Waals surface area contributed by atoms with Gasteiger partial charge in [-0.1, -0.05) is 29.8 Å². The van der Waals surface area contributed by atoms with Crippen LogP contribution in [0.5, 0.6) is 0 Å². The van der Waals surface area contributed by atoms with E-state index in [-0.39, 0.29) is 12.6 Å². The second-order valence-electron chi connectivity index (χ2n) is 4.89. The summed E-state index contributed by atoms with van der Waals surface area (Å²) < 4.78 is 1.88. The largest absolute Gasteiger partial charge is 0.394 e. The van der Waals surface area contributed by atoms with Gasteiger partial charge in [0, 0.05) is 17.9 Å². The highest BCUT2D eigenvalue weighted by Crippen LogP contribution is 2.24. The number of aryl methyl sites for hydroxylation is 1. The van der Waals surface area contributed by atoms with Gasteiger partial charge < -0.3 is 5.11 Å². The number of aliphatic hydroxyl groups excluding tert-OH is 1. The molecule has 1 aliphatic heterocycles. The molecule has 1 atom stereocenters. The molecule has 1 aromatic heterocycles. The van der Waals surface area contributed by atoms with Crippen molar-refractivity contribution in [3.05, 3.63) is 46.5 Å². The number of fused-ring (bicyclic) bond motifs is 1. The van der Waals surface area contributed by atoms with Gasteiger partial charge in [0.25, 0.3) is 0 Å². The number of rotatable bonds is 3. The van der Waals surface area contributed by atoms with Crippen molar-refractivity contribution in [1.82, 2.24) is 14.8 Å². The van der Waals surface area contributed by atoms with Crippen LogP contribution in [0.4, 0.5) is 0 Å². The molecule has 0 spiro atoms. The van der Waals surface area contributed by atoms with Crippen LogP contribution in [-0.4, -0.2) is 26.5 Å². The minimum atomic E-state index is 0.0799. The summed E-state index contributed by atoms with van der Waals surface area (Å²) in [6.45, 7) is 0.127. The van der Waals surface area contributed by atoms with E-state index in [4.69, 9.17) is 11.6 Å². The first kappa shape index (κ1) is 12.6. The summed E-state index contributed by atoms with van der Waals surface area (Å²) >= 11 is 6.15. The van der Waals surface area contributed by atoms with Crippen LogP contribution in [0.1, 0.15) is 36.1 Å². The zero-order valence-electron chi connectivity index (χ0n) is 10.6. The van der Waals surface area contributed by atoms with E-state index in [1.54, 1.807) is 0 Å². The monoisotopic (exact) mass is 277 g/mol. The Morgan fingerprint density at radius 1 is 1.37 bits per heavy atom. The van der Waals surface area contributed by atoms with Crippen LogP contribution >= 0.6 is 11.6 Å². The highest BCUT2D eigenvalue weighted by molar-refractivity contribution is 6.31. The number of halogens is 1. The molecule has 1 unspecified atom stereocenters. The Balaban J connectivity index is 1.87. The number of benzene rings is 1. The van der Waals surface area contributed by atoms with Gasteiger partial charge in [-0.3, -0.25) is 0 Å². The molecule has 2 aromatic rings. The zero-order valence-corrected chi connectivity index (χ0v) is 11.3. The van der Waals surface area contributed by atoms with Crippen molar-refractivity contribution < 1.29 is 5.11 Å². The third-order valence-corrected chi connectivity index (χ3v) is 3.92. The van der Waals surface area contributed by atoms with E-state index in [9.17, 15) is 5.11 Å². The Morgan fingerprint density at radius 2 is 2.21 bits per heavy atom. The molecule has 1 N–H and O–H groups in total. The molecule has 0 bridgehead atoms. The normalized spacial score (nSPS) is 18.3. The van der Waals surface area contributed by atoms with Gasteiger partial charge >= 0.3 is 0 Å². The number of nitrogens with zero attached hydrogens (tertiary/aromatic N) is 3. The Hall–Kier alpha value is -1.39. The maximum absolute atomic E-state index is 9.37. The molecular formula is C14H16ClN3O. The molecule has 0 fully saturated rings. The maximum Gasteiger partial charge on any atom is 0.155 e. The number of hydrogen-bond donors (Lipinski definition) is 1. The topological polar surface area (TPSA) is 50.9 Å². The molecule has 19 heavy (non-hydrogen) atoms. The number of aliphatic hydroxyl groups is 1. The van der Waals surface area contributed by atoms with E-state index in [1.165, 1.54) is 0 Å². The molecule has 100 valence electrons. The average Bonchev–Trinajstić information content (AvgIpc) is 2.83. The van der Waals surface area contributed by atoms with Crippen molar-refractivity contribution in [3.63, 3.8) is 0 Å². The van der Waals surface area contributed by atoms with Crippen molar-refractivity contribution in [3.8, 4) is 0 Å². The first-order chi connectivity index (χ1) is 9.28. The quantitative estimate of drug-likeness (QED) is 0.937. The lowest BCUT2D eigenvalue weighted by molar-refractivity contribution is 0.195. The van der Waals surface area contributed by atoms with Crippen LogP contribution in [0.15, 0.2) is 24.3 Å². The van der Waals surface area contributed by atoms with Gasteiger partial charge in [-0.25, -0.2) is 9.67 Å². The van der Waals surface area contributed by atoms with Crippen LogP contribution < -0.4 is 0 Å². The molecular weight excluding hydrogens is 262 g/mol. The van der Waals surface area contributed by atoms with Crippen molar-refractivity contribution >= 4 is 11.6 Å². The maximum atomic E-state index is 9.37. The van der Waals surface area contributed by atoms with Gasteiger partial charge in [-0.2, -0.15) is 5.10 Å².